The first kappa shape index (κ1) is 9.96. The normalized spacial score (nSPS) is 25.5. The molecule has 0 spiro atoms. The Balaban J connectivity index is 2.49. The van der Waals surface area contributed by atoms with Crippen molar-refractivity contribution in [3.8, 4) is 0 Å². The van der Waals surface area contributed by atoms with Crippen LogP contribution in [-0.4, -0.2) is 18.9 Å². The molecule has 0 bridgehead atoms. The van der Waals surface area contributed by atoms with Crippen molar-refractivity contribution in [3.05, 3.63) is 24.2 Å². The van der Waals surface area contributed by atoms with Crippen molar-refractivity contribution in [2.45, 2.75) is 24.7 Å². The number of hydrogen-bond donors (Lipinski definition) is 0. The van der Waals surface area contributed by atoms with Gasteiger partial charge in [0.15, 0.2) is 11.2 Å². The zero-order chi connectivity index (χ0) is 10.9. The van der Waals surface area contributed by atoms with Crippen LogP contribution in [0.4, 0.5) is 0 Å². The molecule has 4 heteroatoms. The van der Waals surface area contributed by atoms with Gasteiger partial charge in [-0.15, -0.1) is 0 Å². The lowest BCUT2D eigenvalue weighted by Crippen LogP contribution is -2.40. The minimum absolute atomic E-state index is 0.107. The van der Waals surface area contributed by atoms with Gasteiger partial charge in [-0.25, -0.2) is 0 Å². The molecule has 0 N–H and O–H groups in total. The van der Waals surface area contributed by atoms with E-state index in [2.05, 4.69) is 0 Å². The van der Waals surface area contributed by atoms with Crippen molar-refractivity contribution in [1.29, 1.82) is 0 Å². The van der Waals surface area contributed by atoms with Crippen LogP contribution in [0.25, 0.3) is 0 Å². The predicted molar refractivity (Wildman–Crippen MR) is 51.3 cm³/mol. The third-order valence-electron chi connectivity index (χ3n) is 2.91. The van der Waals surface area contributed by atoms with E-state index in [9.17, 15) is 9.59 Å². The van der Waals surface area contributed by atoms with Crippen LogP contribution in [-0.2, 0) is 19.7 Å². The Labute approximate surface area is 87.2 Å². The van der Waals surface area contributed by atoms with Crippen molar-refractivity contribution >= 4 is 11.8 Å². The SMILES string of the molecule is COC(=O)C1(c2ccco2)CCCC1=O. The molecule has 1 aromatic heterocycles. The number of ketones is 1. The molecule has 1 heterocycles. The van der Waals surface area contributed by atoms with E-state index in [4.69, 9.17) is 9.15 Å². The molecule has 0 amide bonds. The summed E-state index contributed by atoms with van der Waals surface area (Å²) in [5.74, 6) is -0.221. The van der Waals surface area contributed by atoms with Gasteiger partial charge in [0.2, 0.25) is 0 Å². The molecular formula is C11H12O4. The van der Waals surface area contributed by atoms with Gasteiger partial charge in [-0.2, -0.15) is 0 Å². The van der Waals surface area contributed by atoms with Crippen LogP contribution in [0.3, 0.4) is 0 Å². The maximum absolute atomic E-state index is 11.8. The lowest BCUT2D eigenvalue weighted by molar-refractivity contribution is -0.151. The molecule has 0 aromatic carbocycles. The van der Waals surface area contributed by atoms with E-state index >= 15 is 0 Å². The Morgan fingerprint density at radius 3 is 2.87 bits per heavy atom. The van der Waals surface area contributed by atoms with Crippen LogP contribution >= 0.6 is 0 Å². The number of ether oxygens (including phenoxy) is 1. The highest BCUT2D eigenvalue weighted by Crippen LogP contribution is 2.39. The van der Waals surface area contributed by atoms with Crippen LogP contribution < -0.4 is 0 Å². The van der Waals surface area contributed by atoms with Crippen LogP contribution in [0, 0.1) is 0 Å². The minimum Gasteiger partial charge on any atom is -0.468 e. The fourth-order valence-electron chi connectivity index (χ4n) is 2.14. The molecule has 0 radical (unpaired) electrons. The summed E-state index contributed by atoms with van der Waals surface area (Å²) in [5, 5.41) is 0. The smallest absolute Gasteiger partial charge is 0.327 e. The number of Topliss-reactive ketones (excluding diaryl/α,β-unsaturated/α-hetero) is 1. The van der Waals surface area contributed by atoms with Gasteiger partial charge in [-0.3, -0.25) is 9.59 Å². The van der Waals surface area contributed by atoms with Crippen LogP contribution in [0.15, 0.2) is 22.8 Å². The molecule has 1 fully saturated rings. The second kappa shape index (κ2) is 3.53. The summed E-state index contributed by atoms with van der Waals surface area (Å²) < 4.78 is 9.90. The zero-order valence-electron chi connectivity index (χ0n) is 8.49. The van der Waals surface area contributed by atoms with Crippen LogP contribution in [0.5, 0.6) is 0 Å². The van der Waals surface area contributed by atoms with E-state index in [-0.39, 0.29) is 5.78 Å². The number of hydrogen-bond acceptors (Lipinski definition) is 4. The van der Waals surface area contributed by atoms with Gasteiger partial charge >= 0.3 is 5.97 Å². The van der Waals surface area contributed by atoms with Gasteiger partial charge in [0.05, 0.1) is 13.4 Å². The average Bonchev–Trinajstić information content (AvgIpc) is 2.86. The molecule has 2 rings (SSSR count). The third kappa shape index (κ3) is 1.28. The van der Waals surface area contributed by atoms with Gasteiger partial charge in [-0.1, -0.05) is 0 Å². The number of furan rings is 1. The summed E-state index contributed by atoms with van der Waals surface area (Å²) in [4.78, 5) is 23.6. The highest BCUT2D eigenvalue weighted by molar-refractivity contribution is 6.10. The Morgan fingerprint density at radius 1 is 1.60 bits per heavy atom. The summed E-state index contributed by atoms with van der Waals surface area (Å²) in [7, 11) is 1.29. The van der Waals surface area contributed by atoms with Gasteiger partial charge in [0.25, 0.3) is 0 Å². The number of esters is 1. The number of rotatable bonds is 2. The second-order valence-electron chi connectivity index (χ2n) is 3.65. The van der Waals surface area contributed by atoms with E-state index in [1.165, 1.54) is 13.4 Å². The first-order chi connectivity index (χ1) is 7.21. The van der Waals surface area contributed by atoms with E-state index in [0.29, 0.717) is 25.0 Å². The lowest BCUT2D eigenvalue weighted by atomic mass is 9.82. The van der Waals surface area contributed by atoms with E-state index in [1.807, 2.05) is 0 Å². The number of carbonyl (C=O) groups excluding carboxylic acids is 2. The van der Waals surface area contributed by atoms with Crippen molar-refractivity contribution in [2.75, 3.05) is 7.11 Å². The molecule has 4 nitrogen and oxygen atoms in total. The van der Waals surface area contributed by atoms with Crippen molar-refractivity contribution in [2.24, 2.45) is 0 Å². The topological polar surface area (TPSA) is 56.5 Å². The molecular weight excluding hydrogens is 196 g/mol. The molecule has 1 saturated carbocycles. The van der Waals surface area contributed by atoms with Crippen molar-refractivity contribution in [1.82, 2.24) is 0 Å². The Bertz CT molecular complexity index is 379. The largest absolute Gasteiger partial charge is 0.468 e. The first-order valence-electron chi connectivity index (χ1n) is 4.87. The van der Waals surface area contributed by atoms with Gasteiger partial charge in [0.1, 0.15) is 5.76 Å². The minimum atomic E-state index is -1.18. The zero-order valence-corrected chi connectivity index (χ0v) is 8.49. The average molecular weight is 208 g/mol. The fraction of sp³-hybridized carbons (Fsp3) is 0.455. The molecule has 0 aliphatic heterocycles. The summed E-state index contributed by atoms with van der Waals surface area (Å²) in [5.41, 5.74) is -1.18. The van der Waals surface area contributed by atoms with Crippen molar-refractivity contribution < 1.29 is 18.7 Å². The summed E-state index contributed by atoms with van der Waals surface area (Å²) in [6.07, 6.45) is 3.06. The predicted octanol–water partition coefficient (Wildman–Crippen LogP) is 1.44. The molecule has 1 atom stereocenters. The molecule has 1 aromatic rings. The monoisotopic (exact) mass is 208 g/mol. The fourth-order valence-corrected chi connectivity index (χ4v) is 2.14. The first-order valence-corrected chi connectivity index (χ1v) is 4.87. The van der Waals surface area contributed by atoms with Crippen LogP contribution in [0.2, 0.25) is 0 Å². The Morgan fingerprint density at radius 2 is 2.40 bits per heavy atom. The summed E-state index contributed by atoms with van der Waals surface area (Å²) in [6, 6.07) is 3.33. The Hall–Kier alpha value is -1.58. The van der Waals surface area contributed by atoms with Crippen LogP contribution in [0.1, 0.15) is 25.0 Å². The summed E-state index contributed by atoms with van der Waals surface area (Å²) in [6.45, 7) is 0. The van der Waals surface area contributed by atoms with Gasteiger partial charge < -0.3 is 9.15 Å². The molecule has 80 valence electrons. The maximum atomic E-state index is 11.8. The third-order valence-corrected chi connectivity index (χ3v) is 2.91. The van der Waals surface area contributed by atoms with E-state index in [1.54, 1.807) is 12.1 Å². The molecule has 1 aliphatic rings. The highest BCUT2D eigenvalue weighted by Gasteiger charge is 2.53. The Kier molecular flexibility index (Phi) is 2.34. The molecule has 0 saturated heterocycles. The maximum Gasteiger partial charge on any atom is 0.327 e. The number of carbonyl (C=O) groups is 2. The standard InChI is InChI=1S/C11H12O4/c1-14-10(13)11(6-2-4-8(11)12)9-5-3-7-15-9/h3,5,7H,2,4,6H2,1H3. The molecule has 1 unspecified atom stereocenters. The van der Waals surface area contributed by atoms with Gasteiger partial charge in [0, 0.05) is 6.42 Å². The lowest BCUT2D eigenvalue weighted by Gasteiger charge is -2.21. The highest BCUT2D eigenvalue weighted by atomic mass is 16.5. The van der Waals surface area contributed by atoms with E-state index < -0.39 is 11.4 Å². The van der Waals surface area contributed by atoms with Gasteiger partial charge in [-0.05, 0) is 25.0 Å². The second-order valence-corrected chi connectivity index (χ2v) is 3.65. The molecule has 15 heavy (non-hydrogen) atoms. The summed E-state index contributed by atoms with van der Waals surface area (Å²) >= 11 is 0. The molecule has 1 aliphatic carbocycles. The quantitative estimate of drug-likeness (QED) is 0.545. The van der Waals surface area contributed by atoms with E-state index in [0.717, 1.165) is 0 Å². The number of methoxy groups -OCH3 is 1. The van der Waals surface area contributed by atoms with Crippen molar-refractivity contribution in [3.63, 3.8) is 0 Å².